The Kier molecular flexibility index (Phi) is 6.44. The van der Waals surface area contributed by atoms with Gasteiger partial charge in [0.05, 0.1) is 18.8 Å². The molecule has 0 bridgehead atoms. The van der Waals surface area contributed by atoms with Crippen LogP contribution in [0.1, 0.15) is 50.0 Å². The quantitative estimate of drug-likeness (QED) is 0.471. The van der Waals surface area contributed by atoms with Crippen molar-refractivity contribution in [2.75, 3.05) is 0 Å². The number of nitrogens with zero attached hydrogens (tertiary/aromatic N) is 4. The minimum absolute atomic E-state index is 0.117. The first-order valence-electron chi connectivity index (χ1n) is 10.7. The van der Waals surface area contributed by atoms with E-state index in [4.69, 9.17) is 4.63 Å². The predicted octanol–water partition coefficient (Wildman–Crippen LogP) is 3.12. The number of benzene rings is 1. The number of amides is 1. The van der Waals surface area contributed by atoms with Gasteiger partial charge in [-0.05, 0) is 44.0 Å². The molecule has 0 atom stereocenters. The zero-order chi connectivity index (χ0) is 23.4. The van der Waals surface area contributed by atoms with Crippen LogP contribution < -0.4 is 10.7 Å². The standard InChI is InChI=1S/C25H25N5O3/c1-16-8-4-5-9-19(16)13-22-24(25(32)27-14-21-18(3)28-33-29-21)23(31)12-17(2)30(22)15-20-10-6-7-11-26-20/h4-12H,13-15H2,1-3H3,(H,27,32). The summed E-state index contributed by atoms with van der Waals surface area (Å²) in [6.45, 7) is 6.20. The normalized spacial score (nSPS) is 10.9. The molecule has 4 aromatic rings. The number of hydrogen-bond donors (Lipinski definition) is 1. The molecule has 0 radical (unpaired) electrons. The van der Waals surface area contributed by atoms with Gasteiger partial charge in [-0.25, -0.2) is 4.63 Å². The van der Waals surface area contributed by atoms with Crippen molar-refractivity contribution in [3.05, 3.63) is 110 Å². The van der Waals surface area contributed by atoms with Crippen LogP contribution in [0.4, 0.5) is 0 Å². The summed E-state index contributed by atoms with van der Waals surface area (Å²) in [5, 5.41) is 10.3. The lowest BCUT2D eigenvalue weighted by atomic mass is 9.99. The lowest BCUT2D eigenvalue weighted by molar-refractivity contribution is 0.0947. The van der Waals surface area contributed by atoms with E-state index in [1.165, 1.54) is 6.07 Å². The van der Waals surface area contributed by atoms with E-state index in [0.717, 1.165) is 22.5 Å². The van der Waals surface area contributed by atoms with E-state index in [1.54, 1.807) is 13.1 Å². The summed E-state index contributed by atoms with van der Waals surface area (Å²) >= 11 is 0. The minimum Gasteiger partial charge on any atom is -0.346 e. The number of hydrogen-bond acceptors (Lipinski definition) is 6. The van der Waals surface area contributed by atoms with Gasteiger partial charge < -0.3 is 9.88 Å². The monoisotopic (exact) mass is 443 g/mol. The van der Waals surface area contributed by atoms with Crippen LogP contribution in [0.3, 0.4) is 0 Å². The summed E-state index contributed by atoms with van der Waals surface area (Å²) in [5.74, 6) is -0.458. The molecule has 0 saturated heterocycles. The third-order valence-electron chi connectivity index (χ3n) is 5.68. The summed E-state index contributed by atoms with van der Waals surface area (Å²) in [4.78, 5) is 30.8. The number of aromatic nitrogens is 4. The molecular formula is C25H25N5O3. The molecule has 0 unspecified atom stereocenters. The Morgan fingerprint density at radius 2 is 1.85 bits per heavy atom. The molecule has 0 saturated carbocycles. The summed E-state index contributed by atoms with van der Waals surface area (Å²) in [7, 11) is 0. The van der Waals surface area contributed by atoms with E-state index in [1.807, 2.05) is 60.9 Å². The highest BCUT2D eigenvalue weighted by molar-refractivity contribution is 5.95. The second-order valence-corrected chi connectivity index (χ2v) is 7.96. The minimum atomic E-state index is -0.458. The van der Waals surface area contributed by atoms with E-state index in [9.17, 15) is 9.59 Å². The number of carbonyl (C=O) groups is 1. The maximum Gasteiger partial charge on any atom is 0.257 e. The number of nitrogens with one attached hydrogen (secondary N) is 1. The van der Waals surface area contributed by atoms with Crippen LogP contribution in [-0.2, 0) is 19.5 Å². The molecule has 1 N–H and O–H groups in total. The molecule has 4 rings (SSSR count). The first-order chi connectivity index (χ1) is 15.9. The van der Waals surface area contributed by atoms with Gasteiger partial charge >= 0.3 is 0 Å². The molecular weight excluding hydrogens is 418 g/mol. The fourth-order valence-electron chi connectivity index (χ4n) is 3.78. The summed E-state index contributed by atoms with van der Waals surface area (Å²) in [5.41, 5.74) is 5.29. The summed E-state index contributed by atoms with van der Waals surface area (Å²) in [6, 6.07) is 15.2. The van der Waals surface area contributed by atoms with Gasteiger partial charge in [-0.1, -0.05) is 40.6 Å². The molecule has 33 heavy (non-hydrogen) atoms. The predicted molar refractivity (Wildman–Crippen MR) is 123 cm³/mol. The van der Waals surface area contributed by atoms with Crippen LogP contribution in [0.15, 0.2) is 64.2 Å². The largest absolute Gasteiger partial charge is 0.346 e. The molecule has 8 nitrogen and oxygen atoms in total. The number of carbonyl (C=O) groups excluding carboxylic acids is 1. The van der Waals surface area contributed by atoms with Crippen molar-refractivity contribution < 1.29 is 9.42 Å². The van der Waals surface area contributed by atoms with Crippen LogP contribution in [0.5, 0.6) is 0 Å². The Morgan fingerprint density at radius 1 is 1.06 bits per heavy atom. The Hall–Kier alpha value is -4.07. The van der Waals surface area contributed by atoms with Crippen molar-refractivity contribution in [3.63, 3.8) is 0 Å². The van der Waals surface area contributed by atoms with Crippen LogP contribution in [0, 0.1) is 20.8 Å². The van der Waals surface area contributed by atoms with Crippen molar-refractivity contribution in [1.82, 2.24) is 25.2 Å². The topological polar surface area (TPSA) is 103 Å². The van der Waals surface area contributed by atoms with Gasteiger partial charge in [0.15, 0.2) is 5.43 Å². The van der Waals surface area contributed by atoms with Gasteiger partial charge in [0.1, 0.15) is 17.0 Å². The lowest BCUT2D eigenvalue weighted by Crippen LogP contribution is -2.33. The van der Waals surface area contributed by atoms with E-state index in [-0.39, 0.29) is 17.5 Å². The SMILES string of the molecule is Cc1ccccc1Cc1c(C(=O)NCc2nonc2C)c(=O)cc(C)n1Cc1ccccn1. The fourth-order valence-corrected chi connectivity index (χ4v) is 3.78. The maximum atomic E-state index is 13.3. The second kappa shape index (κ2) is 9.60. The molecule has 3 aromatic heterocycles. The van der Waals surface area contributed by atoms with E-state index >= 15 is 0 Å². The van der Waals surface area contributed by atoms with Crippen LogP contribution in [0.2, 0.25) is 0 Å². The van der Waals surface area contributed by atoms with E-state index < -0.39 is 5.91 Å². The molecule has 1 aromatic carbocycles. The smallest absolute Gasteiger partial charge is 0.257 e. The highest BCUT2D eigenvalue weighted by Crippen LogP contribution is 2.19. The molecule has 0 fully saturated rings. The van der Waals surface area contributed by atoms with Crippen LogP contribution in [0.25, 0.3) is 0 Å². The molecule has 0 spiro atoms. The second-order valence-electron chi connectivity index (χ2n) is 7.96. The van der Waals surface area contributed by atoms with Crippen molar-refractivity contribution in [2.24, 2.45) is 0 Å². The van der Waals surface area contributed by atoms with Gasteiger partial charge in [-0.15, -0.1) is 0 Å². The van der Waals surface area contributed by atoms with Gasteiger partial charge in [0, 0.05) is 30.1 Å². The fraction of sp³-hybridized carbons (Fsp3) is 0.240. The van der Waals surface area contributed by atoms with Crippen LogP contribution >= 0.6 is 0 Å². The Balaban J connectivity index is 1.79. The number of rotatable bonds is 7. The highest BCUT2D eigenvalue weighted by atomic mass is 16.6. The first kappa shape index (κ1) is 22.1. The third kappa shape index (κ3) is 4.90. The third-order valence-corrected chi connectivity index (χ3v) is 5.68. The summed E-state index contributed by atoms with van der Waals surface area (Å²) in [6.07, 6.45) is 2.17. The first-order valence-corrected chi connectivity index (χ1v) is 10.7. The molecule has 3 heterocycles. The van der Waals surface area contributed by atoms with Crippen molar-refractivity contribution in [1.29, 1.82) is 0 Å². The summed E-state index contributed by atoms with van der Waals surface area (Å²) < 4.78 is 6.69. The molecule has 0 aliphatic carbocycles. The Morgan fingerprint density at radius 3 is 2.55 bits per heavy atom. The van der Waals surface area contributed by atoms with Gasteiger partial charge in [0.25, 0.3) is 5.91 Å². The van der Waals surface area contributed by atoms with E-state index in [2.05, 4.69) is 20.6 Å². The van der Waals surface area contributed by atoms with Crippen molar-refractivity contribution in [2.45, 2.75) is 40.3 Å². The van der Waals surface area contributed by atoms with Gasteiger partial charge in [0.2, 0.25) is 0 Å². The Labute approximate surface area is 191 Å². The van der Waals surface area contributed by atoms with Gasteiger partial charge in [-0.3, -0.25) is 14.6 Å². The highest BCUT2D eigenvalue weighted by Gasteiger charge is 2.22. The average molecular weight is 444 g/mol. The molecule has 8 heteroatoms. The zero-order valence-electron chi connectivity index (χ0n) is 18.8. The molecule has 1 amide bonds. The molecule has 0 aliphatic heterocycles. The molecule has 0 aliphatic rings. The number of aryl methyl sites for hydroxylation is 3. The maximum absolute atomic E-state index is 13.3. The average Bonchev–Trinajstić information content (AvgIpc) is 3.21. The van der Waals surface area contributed by atoms with Crippen molar-refractivity contribution >= 4 is 5.91 Å². The van der Waals surface area contributed by atoms with E-state index in [0.29, 0.717) is 30.0 Å². The lowest BCUT2D eigenvalue weighted by Gasteiger charge is -2.20. The molecule has 168 valence electrons. The Bertz CT molecular complexity index is 1340. The van der Waals surface area contributed by atoms with Crippen molar-refractivity contribution in [3.8, 4) is 0 Å². The van der Waals surface area contributed by atoms with Gasteiger partial charge in [-0.2, -0.15) is 0 Å². The number of pyridine rings is 2. The zero-order valence-corrected chi connectivity index (χ0v) is 18.8. The van der Waals surface area contributed by atoms with Crippen LogP contribution in [-0.4, -0.2) is 25.8 Å².